The highest BCUT2D eigenvalue weighted by Crippen LogP contribution is 2.30. The van der Waals surface area contributed by atoms with Crippen LogP contribution >= 0.6 is 0 Å². The van der Waals surface area contributed by atoms with Crippen molar-refractivity contribution in [1.29, 1.82) is 0 Å². The van der Waals surface area contributed by atoms with E-state index in [2.05, 4.69) is 0 Å². The predicted octanol–water partition coefficient (Wildman–Crippen LogP) is 4.04. The fourth-order valence-corrected chi connectivity index (χ4v) is 2.79. The van der Waals surface area contributed by atoms with Crippen LogP contribution in [0.5, 0.6) is 0 Å². The van der Waals surface area contributed by atoms with E-state index >= 15 is 0 Å². The number of hydrogen-bond donors (Lipinski definition) is 0. The molecule has 3 aromatic rings. The molecule has 8 heteroatoms. The van der Waals surface area contributed by atoms with Crippen LogP contribution in [-0.2, 0) is 19.1 Å². The number of carbonyl (C=O) groups is 2. The van der Waals surface area contributed by atoms with Crippen molar-refractivity contribution in [3.05, 3.63) is 93.7 Å². The molecule has 0 bridgehead atoms. The summed E-state index contributed by atoms with van der Waals surface area (Å²) in [6.45, 7) is 0. The summed E-state index contributed by atoms with van der Waals surface area (Å²) in [5.41, 5.74) is 0.642. The zero-order valence-corrected chi connectivity index (χ0v) is 14.8. The van der Waals surface area contributed by atoms with Crippen molar-refractivity contribution in [2.45, 2.75) is 6.29 Å². The molecule has 1 aliphatic rings. The molecular formula is C21H13NO7. The lowest BCUT2D eigenvalue weighted by atomic mass is 10.1. The van der Waals surface area contributed by atoms with Gasteiger partial charge in [-0.2, -0.15) is 0 Å². The van der Waals surface area contributed by atoms with Gasteiger partial charge < -0.3 is 13.9 Å². The molecule has 2 heterocycles. The number of carbonyl (C=O) groups excluding carboxylic acids is 2. The smallest absolute Gasteiger partial charge is 0.349 e. The van der Waals surface area contributed by atoms with E-state index in [0.717, 1.165) is 0 Å². The summed E-state index contributed by atoms with van der Waals surface area (Å²) in [5, 5.41) is 10.9. The number of furan rings is 1. The summed E-state index contributed by atoms with van der Waals surface area (Å²) in [7, 11) is 0. The standard InChI is InChI=1S/C21H13NO7/c23-19-17(20(24)29-21(28-19)13-5-2-1-3-6-13)12-16-9-10-18(27-16)14-7-4-8-15(11-14)22(25)26/h1-12,21H. The molecule has 0 amide bonds. The van der Waals surface area contributed by atoms with Crippen LogP contribution in [0.3, 0.4) is 0 Å². The van der Waals surface area contributed by atoms with Crippen molar-refractivity contribution in [3.8, 4) is 11.3 Å². The van der Waals surface area contributed by atoms with E-state index in [-0.39, 0.29) is 17.0 Å². The first-order valence-electron chi connectivity index (χ1n) is 8.54. The molecule has 29 heavy (non-hydrogen) atoms. The van der Waals surface area contributed by atoms with Crippen LogP contribution in [0.25, 0.3) is 17.4 Å². The van der Waals surface area contributed by atoms with Gasteiger partial charge in [-0.05, 0) is 12.1 Å². The topological polar surface area (TPSA) is 109 Å². The maximum absolute atomic E-state index is 12.3. The molecule has 0 N–H and O–H groups in total. The number of nitro groups is 1. The fraction of sp³-hybridized carbons (Fsp3) is 0.0476. The Morgan fingerprint density at radius 3 is 2.31 bits per heavy atom. The molecule has 1 saturated heterocycles. The molecular weight excluding hydrogens is 378 g/mol. The highest BCUT2D eigenvalue weighted by atomic mass is 16.7. The van der Waals surface area contributed by atoms with E-state index < -0.39 is 23.2 Å². The van der Waals surface area contributed by atoms with E-state index in [4.69, 9.17) is 13.9 Å². The molecule has 1 aromatic heterocycles. The Labute approximate surface area is 164 Å². The number of nitro benzene ring substituents is 1. The number of ether oxygens (including phenoxy) is 2. The molecule has 1 fully saturated rings. The van der Waals surface area contributed by atoms with E-state index in [1.54, 1.807) is 42.5 Å². The summed E-state index contributed by atoms with van der Waals surface area (Å²) in [4.78, 5) is 35.0. The molecule has 0 spiro atoms. The lowest BCUT2D eigenvalue weighted by molar-refractivity contribution is -0.384. The Balaban J connectivity index is 1.56. The van der Waals surface area contributed by atoms with E-state index in [9.17, 15) is 19.7 Å². The Morgan fingerprint density at radius 2 is 1.62 bits per heavy atom. The minimum atomic E-state index is -1.11. The lowest BCUT2D eigenvalue weighted by Crippen LogP contribution is -2.29. The second-order valence-corrected chi connectivity index (χ2v) is 6.12. The molecule has 0 atom stereocenters. The van der Waals surface area contributed by atoms with Crippen molar-refractivity contribution in [2.75, 3.05) is 0 Å². The second kappa shape index (κ2) is 7.43. The summed E-state index contributed by atoms with van der Waals surface area (Å²) in [5.74, 6) is -1.11. The molecule has 1 aliphatic heterocycles. The van der Waals surface area contributed by atoms with Crippen LogP contribution < -0.4 is 0 Å². The van der Waals surface area contributed by atoms with Gasteiger partial charge in [-0.1, -0.05) is 42.5 Å². The molecule has 0 aliphatic carbocycles. The number of benzene rings is 2. The van der Waals surface area contributed by atoms with Crippen molar-refractivity contribution in [3.63, 3.8) is 0 Å². The van der Waals surface area contributed by atoms with Crippen LogP contribution in [0.15, 0.2) is 76.7 Å². The SMILES string of the molecule is O=C1OC(c2ccccc2)OC(=O)C1=Cc1ccc(-c2cccc([N+](=O)[O-])c2)o1. The van der Waals surface area contributed by atoms with Gasteiger partial charge in [0.1, 0.15) is 17.1 Å². The Morgan fingerprint density at radius 1 is 0.897 bits per heavy atom. The van der Waals surface area contributed by atoms with E-state index in [1.807, 2.05) is 0 Å². The van der Waals surface area contributed by atoms with Crippen LogP contribution in [0.2, 0.25) is 0 Å². The van der Waals surface area contributed by atoms with Crippen LogP contribution in [-0.4, -0.2) is 16.9 Å². The fourth-order valence-electron chi connectivity index (χ4n) is 2.79. The van der Waals surface area contributed by atoms with Crippen molar-refractivity contribution >= 4 is 23.7 Å². The average Bonchev–Trinajstić information content (AvgIpc) is 3.20. The zero-order chi connectivity index (χ0) is 20.4. The van der Waals surface area contributed by atoms with Gasteiger partial charge in [0.25, 0.3) is 12.0 Å². The average molecular weight is 391 g/mol. The van der Waals surface area contributed by atoms with Crippen molar-refractivity contribution in [1.82, 2.24) is 0 Å². The highest BCUT2D eigenvalue weighted by Gasteiger charge is 2.34. The molecule has 0 radical (unpaired) electrons. The second-order valence-electron chi connectivity index (χ2n) is 6.12. The molecule has 144 valence electrons. The van der Waals surface area contributed by atoms with Gasteiger partial charge in [0.05, 0.1) is 4.92 Å². The third-order valence-corrected chi connectivity index (χ3v) is 4.19. The summed E-state index contributed by atoms with van der Waals surface area (Å²) < 4.78 is 16.0. The first-order valence-corrected chi connectivity index (χ1v) is 8.54. The number of cyclic esters (lactones) is 2. The van der Waals surface area contributed by atoms with Crippen molar-refractivity contribution < 1.29 is 28.4 Å². The predicted molar refractivity (Wildman–Crippen MR) is 100 cm³/mol. The lowest BCUT2D eigenvalue weighted by Gasteiger charge is -2.23. The van der Waals surface area contributed by atoms with E-state index in [0.29, 0.717) is 16.9 Å². The summed E-state index contributed by atoms with van der Waals surface area (Å²) in [6, 6.07) is 17.6. The molecule has 0 unspecified atom stereocenters. The van der Waals surface area contributed by atoms with Gasteiger partial charge in [-0.25, -0.2) is 9.59 Å². The first kappa shape index (κ1) is 18.2. The van der Waals surface area contributed by atoms with Gasteiger partial charge in [-0.15, -0.1) is 0 Å². The Bertz CT molecular complexity index is 1110. The Hall–Kier alpha value is -4.20. The maximum Gasteiger partial charge on any atom is 0.349 e. The minimum absolute atomic E-state index is 0.0785. The number of esters is 2. The summed E-state index contributed by atoms with van der Waals surface area (Å²) in [6.07, 6.45) is 0.109. The largest absolute Gasteiger partial charge is 0.457 e. The third kappa shape index (κ3) is 3.77. The van der Waals surface area contributed by atoms with Crippen LogP contribution in [0.1, 0.15) is 17.6 Å². The third-order valence-electron chi connectivity index (χ3n) is 4.19. The van der Waals surface area contributed by atoms with Gasteiger partial charge in [0.2, 0.25) is 0 Å². The van der Waals surface area contributed by atoms with Crippen LogP contribution in [0.4, 0.5) is 5.69 Å². The monoisotopic (exact) mass is 391 g/mol. The summed E-state index contributed by atoms with van der Waals surface area (Å²) >= 11 is 0. The van der Waals surface area contributed by atoms with E-state index in [1.165, 1.54) is 30.3 Å². The van der Waals surface area contributed by atoms with Gasteiger partial charge >= 0.3 is 11.9 Å². The molecule has 8 nitrogen and oxygen atoms in total. The maximum atomic E-state index is 12.3. The molecule has 4 rings (SSSR count). The van der Waals surface area contributed by atoms with Gasteiger partial charge in [0, 0.05) is 29.3 Å². The first-order chi connectivity index (χ1) is 14.0. The highest BCUT2D eigenvalue weighted by molar-refractivity contribution is 6.18. The zero-order valence-electron chi connectivity index (χ0n) is 14.8. The van der Waals surface area contributed by atoms with Gasteiger partial charge in [0.15, 0.2) is 0 Å². The number of rotatable bonds is 4. The van der Waals surface area contributed by atoms with Crippen LogP contribution in [0, 0.1) is 10.1 Å². The normalized spacial score (nSPS) is 16.1. The Kier molecular flexibility index (Phi) is 4.66. The number of nitrogens with zero attached hydrogens (tertiary/aromatic N) is 1. The minimum Gasteiger partial charge on any atom is -0.457 e. The quantitative estimate of drug-likeness (QED) is 0.217. The van der Waals surface area contributed by atoms with Gasteiger partial charge in [-0.3, -0.25) is 10.1 Å². The number of hydrogen-bond acceptors (Lipinski definition) is 7. The molecule has 2 aromatic carbocycles. The molecule has 0 saturated carbocycles. The van der Waals surface area contributed by atoms with Crippen molar-refractivity contribution in [2.24, 2.45) is 0 Å². The number of non-ortho nitro benzene ring substituents is 1.